The second-order valence-electron chi connectivity index (χ2n) is 7.97. The Morgan fingerprint density at radius 3 is 2.25 bits per heavy atom. The number of anilines is 1. The predicted octanol–water partition coefficient (Wildman–Crippen LogP) is 7.32. The zero-order chi connectivity index (χ0) is 21.3. The van der Waals surface area contributed by atoms with Crippen LogP contribution in [0, 0.1) is 0 Å². The molecule has 0 bridgehead atoms. The van der Waals surface area contributed by atoms with Crippen LogP contribution in [-0.2, 0) is 0 Å². The molecule has 32 heavy (non-hydrogen) atoms. The summed E-state index contributed by atoms with van der Waals surface area (Å²) in [6, 6.07) is 36.2. The quantitative estimate of drug-likeness (QED) is 0.298. The highest BCUT2D eigenvalue weighted by molar-refractivity contribution is 7.14. The van der Waals surface area contributed by atoms with Crippen molar-refractivity contribution in [3.63, 3.8) is 0 Å². The topological polar surface area (TPSA) is 28.5 Å². The van der Waals surface area contributed by atoms with Crippen LogP contribution in [0.15, 0.2) is 114 Å². The Bertz CT molecular complexity index is 1410. The molecule has 4 aromatic carbocycles. The molecule has 154 valence electrons. The fourth-order valence-electron chi connectivity index (χ4n) is 4.28. The standard InChI is InChI=1S/C28H21N3S/c1-3-10-21(11-4-1)26-19-32-28(29-26)31-27(22-12-5-2-6-13-22)18-25(30-31)24-16-15-20-9-7-8-14-23(20)17-24/h1-17,19,27H,18H2. The average molecular weight is 432 g/mol. The lowest BCUT2D eigenvalue weighted by molar-refractivity contribution is 0.706. The Kier molecular flexibility index (Phi) is 4.78. The normalized spacial score (nSPS) is 15.8. The number of rotatable bonds is 4. The highest BCUT2D eigenvalue weighted by atomic mass is 32.1. The third kappa shape index (κ3) is 3.49. The number of hydrogen-bond acceptors (Lipinski definition) is 4. The van der Waals surface area contributed by atoms with Crippen LogP contribution in [-0.4, -0.2) is 10.7 Å². The number of thiazole rings is 1. The molecule has 0 fully saturated rings. The van der Waals surface area contributed by atoms with Crippen molar-refractivity contribution in [3.05, 3.63) is 120 Å². The molecular formula is C28H21N3S. The third-order valence-corrected chi connectivity index (χ3v) is 6.77. The van der Waals surface area contributed by atoms with Crippen molar-refractivity contribution in [2.75, 3.05) is 5.01 Å². The minimum atomic E-state index is 0.132. The molecule has 4 heteroatoms. The smallest absolute Gasteiger partial charge is 0.207 e. The van der Waals surface area contributed by atoms with Gasteiger partial charge in [-0.15, -0.1) is 11.3 Å². The third-order valence-electron chi connectivity index (χ3n) is 5.94. The summed E-state index contributed by atoms with van der Waals surface area (Å²) in [5, 5.41) is 12.7. The van der Waals surface area contributed by atoms with Gasteiger partial charge in [0.15, 0.2) is 0 Å². The van der Waals surface area contributed by atoms with Crippen molar-refractivity contribution >= 4 is 33.0 Å². The minimum absolute atomic E-state index is 0.132. The summed E-state index contributed by atoms with van der Waals surface area (Å²) < 4.78 is 0. The largest absolute Gasteiger partial charge is 0.231 e. The van der Waals surface area contributed by atoms with E-state index in [4.69, 9.17) is 10.1 Å². The van der Waals surface area contributed by atoms with E-state index in [-0.39, 0.29) is 6.04 Å². The monoisotopic (exact) mass is 431 g/mol. The van der Waals surface area contributed by atoms with Gasteiger partial charge in [0, 0.05) is 17.4 Å². The lowest BCUT2D eigenvalue weighted by Gasteiger charge is -2.21. The van der Waals surface area contributed by atoms with E-state index in [9.17, 15) is 0 Å². The minimum Gasteiger partial charge on any atom is -0.231 e. The van der Waals surface area contributed by atoms with Gasteiger partial charge in [-0.2, -0.15) is 5.10 Å². The second kappa shape index (κ2) is 8.06. The van der Waals surface area contributed by atoms with Crippen LogP contribution in [0.2, 0.25) is 0 Å². The van der Waals surface area contributed by atoms with Crippen LogP contribution in [0.4, 0.5) is 5.13 Å². The molecule has 0 radical (unpaired) electrons. The zero-order valence-electron chi connectivity index (χ0n) is 17.4. The highest BCUT2D eigenvalue weighted by Gasteiger charge is 2.31. The molecule has 1 aliphatic rings. The van der Waals surface area contributed by atoms with Crippen molar-refractivity contribution in [3.8, 4) is 11.3 Å². The number of fused-ring (bicyclic) bond motifs is 1. The first-order valence-corrected chi connectivity index (χ1v) is 11.6. The van der Waals surface area contributed by atoms with Gasteiger partial charge in [-0.25, -0.2) is 9.99 Å². The van der Waals surface area contributed by atoms with E-state index in [1.54, 1.807) is 11.3 Å². The molecule has 1 aliphatic heterocycles. The van der Waals surface area contributed by atoms with Crippen LogP contribution in [0.5, 0.6) is 0 Å². The molecule has 0 saturated carbocycles. The molecule has 1 aromatic heterocycles. The van der Waals surface area contributed by atoms with Crippen LogP contribution in [0.3, 0.4) is 0 Å². The predicted molar refractivity (Wildman–Crippen MR) is 134 cm³/mol. The van der Waals surface area contributed by atoms with Crippen LogP contribution in [0.1, 0.15) is 23.6 Å². The summed E-state index contributed by atoms with van der Waals surface area (Å²) in [5.74, 6) is 0. The van der Waals surface area contributed by atoms with Crippen molar-refractivity contribution in [1.82, 2.24) is 4.98 Å². The van der Waals surface area contributed by atoms with Crippen molar-refractivity contribution in [2.24, 2.45) is 5.10 Å². The fourth-order valence-corrected chi connectivity index (χ4v) is 5.11. The van der Waals surface area contributed by atoms with Crippen molar-refractivity contribution in [1.29, 1.82) is 0 Å². The summed E-state index contributed by atoms with van der Waals surface area (Å²) in [6.45, 7) is 0. The van der Waals surface area contributed by atoms with Crippen LogP contribution in [0.25, 0.3) is 22.0 Å². The van der Waals surface area contributed by atoms with Gasteiger partial charge in [0.25, 0.3) is 0 Å². The first kappa shape index (κ1) is 19.0. The van der Waals surface area contributed by atoms with Gasteiger partial charge < -0.3 is 0 Å². The van der Waals surface area contributed by atoms with Gasteiger partial charge in [-0.1, -0.05) is 97.1 Å². The molecule has 0 saturated heterocycles. The van der Waals surface area contributed by atoms with Crippen molar-refractivity contribution in [2.45, 2.75) is 12.5 Å². The number of hydrogen-bond donors (Lipinski definition) is 0. The number of benzene rings is 4. The van der Waals surface area contributed by atoms with E-state index in [0.29, 0.717) is 0 Å². The Hall–Kier alpha value is -3.76. The SMILES string of the molecule is c1ccc(-c2csc(N3N=C(c4ccc5ccccc5c4)CC3c3ccccc3)n2)cc1. The summed E-state index contributed by atoms with van der Waals surface area (Å²) in [5.41, 5.74) is 5.65. The van der Waals surface area contributed by atoms with Gasteiger partial charge in [0.1, 0.15) is 0 Å². The Balaban J connectivity index is 1.41. The van der Waals surface area contributed by atoms with Crippen molar-refractivity contribution < 1.29 is 0 Å². The maximum Gasteiger partial charge on any atom is 0.207 e. The van der Waals surface area contributed by atoms with Gasteiger partial charge >= 0.3 is 0 Å². The molecule has 1 atom stereocenters. The molecule has 0 N–H and O–H groups in total. The zero-order valence-corrected chi connectivity index (χ0v) is 18.2. The molecule has 0 amide bonds. The van der Waals surface area contributed by atoms with Gasteiger partial charge in [0.05, 0.1) is 17.4 Å². The van der Waals surface area contributed by atoms with E-state index in [2.05, 4.69) is 95.3 Å². The summed E-state index contributed by atoms with van der Waals surface area (Å²) in [7, 11) is 0. The average Bonchev–Trinajstić information content (AvgIpc) is 3.53. The van der Waals surface area contributed by atoms with Crippen LogP contribution >= 0.6 is 11.3 Å². The molecule has 3 nitrogen and oxygen atoms in total. The van der Waals surface area contributed by atoms with E-state index in [1.807, 2.05) is 18.2 Å². The van der Waals surface area contributed by atoms with E-state index >= 15 is 0 Å². The summed E-state index contributed by atoms with van der Waals surface area (Å²) in [4.78, 5) is 4.95. The number of aromatic nitrogens is 1. The molecule has 0 spiro atoms. The molecule has 2 heterocycles. The second-order valence-corrected chi connectivity index (χ2v) is 8.80. The first-order valence-electron chi connectivity index (χ1n) is 10.8. The van der Waals surface area contributed by atoms with Gasteiger partial charge in [-0.3, -0.25) is 0 Å². The van der Waals surface area contributed by atoms with Gasteiger partial charge in [0.2, 0.25) is 5.13 Å². The Labute approximate surface area is 191 Å². The maximum atomic E-state index is 5.10. The lowest BCUT2D eigenvalue weighted by Crippen LogP contribution is -2.18. The highest BCUT2D eigenvalue weighted by Crippen LogP contribution is 2.39. The molecular weight excluding hydrogens is 410 g/mol. The molecule has 0 aliphatic carbocycles. The Morgan fingerprint density at radius 2 is 1.44 bits per heavy atom. The molecule has 6 rings (SSSR count). The number of hydrazone groups is 1. The maximum absolute atomic E-state index is 5.10. The lowest BCUT2D eigenvalue weighted by atomic mass is 9.97. The van der Waals surface area contributed by atoms with E-state index in [0.717, 1.165) is 28.5 Å². The van der Waals surface area contributed by atoms with Gasteiger partial charge in [-0.05, 0) is 28.0 Å². The van der Waals surface area contributed by atoms with E-state index < -0.39 is 0 Å². The number of nitrogens with zero attached hydrogens (tertiary/aromatic N) is 3. The molecule has 1 unspecified atom stereocenters. The van der Waals surface area contributed by atoms with E-state index in [1.165, 1.54) is 21.9 Å². The Morgan fingerprint density at radius 1 is 0.719 bits per heavy atom. The summed E-state index contributed by atoms with van der Waals surface area (Å²) >= 11 is 1.65. The summed E-state index contributed by atoms with van der Waals surface area (Å²) in [6.07, 6.45) is 0.850. The van der Waals surface area contributed by atoms with Crippen LogP contribution < -0.4 is 5.01 Å². The molecule has 5 aromatic rings. The first-order chi connectivity index (χ1) is 15.8. The fraction of sp³-hybridized carbons (Fsp3) is 0.0714.